The number of aliphatic imine (C=N–C) groups is 1. The van der Waals surface area contributed by atoms with E-state index in [9.17, 15) is 0 Å². The topological polar surface area (TPSA) is 49.3 Å². The van der Waals surface area contributed by atoms with Crippen molar-refractivity contribution in [1.29, 1.82) is 0 Å². The standard InChI is InChI=1S/C17H20Cl2N4.HI/c1-2-21-17(22-9-7-13-4-3-8-20-11-13)23-12-14-5-6-15(18)10-16(14)19;/h3-6,8,10-11H,2,7,9,12H2,1H3,(H2,21,22,23);1H. The zero-order chi connectivity index (χ0) is 16.5. The number of guanidine groups is 1. The van der Waals surface area contributed by atoms with Crippen LogP contribution in [0.25, 0.3) is 0 Å². The van der Waals surface area contributed by atoms with E-state index >= 15 is 0 Å². The molecule has 24 heavy (non-hydrogen) atoms. The van der Waals surface area contributed by atoms with Gasteiger partial charge in [0.25, 0.3) is 0 Å². The summed E-state index contributed by atoms with van der Waals surface area (Å²) >= 11 is 12.1. The van der Waals surface area contributed by atoms with Crippen LogP contribution < -0.4 is 10.6 Å². The molecule has 0 saturated heterocycles. The molecule has 2 aromatic rings. The first-order chi connectivity index (χ1) is 11.2. The lowest BCUT2D eigenvalue weighted by molar-refractivity contribution is 0.798. The molecule has 0 aliphatic heterocycles. The number of nitrogens with zero attached hydrogens (tertiary/aromatic N) is 2. The predicted octanol–water partition coefficient (Wildman–Crippen LogP) is 4.30. The lowest BCUT2D eigenvalue weighted by Gasteiger charge is -2.11. The Hall–Kier alpha value is -1.05. The molecule has 1 heterocycles. The minimum absolute atomic E-state index is 0. The van der Waals surface area contributed by atoms with Crippen LogP contribution in [0.15, 0.2) is 47.7 Å². The molecule has 0 fully saturated rings. The van der Waals surface area contributed by atoms with Gasteiger partial charge in [0.1, 0.15) is 0 Å². The van der Waals surface area contributed by atoms with E-state index in [0.717, 1.165) is 31.0 Å². The second kappa shape index (κ2) is 11.5. The van der Waals surface area contributed by atoms with Crippen LogP contribution >= 0.6 is 47.2 Å². The molecular formula is C17H21Cl2IN4. The maximum atomic E-state index is 6.17. The number of rotatable bonds is 6. The van der Waals surface area contributed by atoms with E-state index in [1.54, 1.807) is 12.3 Å². The molecule has 0 spiro atoms. The van der Waals surface area contributed by atoms with Gasteiger partial charge in [-0.25, -0.2) is 4.99 Å². The van der Waals surface area contributed by atoms with Crippen LogP contribution in [-0.2, 0) is 13.0 Å². The molecule has 7 heteroatoms. The summed E-state index contributed by atoms with van der Waals surface area (Å²) < 4.78 is 0. The third-order valence-corrected chi connectivity index (χ3v) is 3.78. The largest absolute Gasteiger partial charge is 0.357 e. The minimum Gasteiger partial charge on any atom is -0.357 e. The summed E-state index contributed by atoms with van der Waals surface area (Å²) in [6.45, 7) is 4.12. The molecule has 0 aliphatic rings. The Balaban J connectivity index is 0.00000288. The van der Waals surface area contributed by atoms with Crippen molar-refractivity contribution in [3.8, 4) is 0 Å². The molecule has 0 atom stereocenters. The van der Waals surface area contributed by atoms with E-state index in [-0.39, 0.29) is 24.0 Å². The molecule has 1 aromatic heterocycles. The average Bonchev–Trinajstić information content (AvgIpc) is 2.55. The average molecular weight is 479 g/mol. The molecule has 0 amide bonds. The van der Waals surface area contributed by atoms with Gasteiger partial charge in [-0.2, -0.15) is 0 Å². The predicted molar refractivity (Wildman–Crippen MR) is 113 cm³/mol. The molecule has 130 valence electrons. The lowest BCUT2D eigenvalue weighted by atomic mass is 10.2. The summed E-state index contributed by atoms with van der Waals surface area (Å²) in [5.41, 5.74) is 2.14. The van der Waals surface area contributed by atoms with E-state index in [1.165, 1.54) is 5.56 Å². The number of hydrogen-bond donors (Lipinski definition) is 2. The van der Waals surface area contributed by atoms with Crippen LogP contribution in [0.2, 0.25) is 10.0 Å². The number of pyridine rings is 1. The maximum absolute atomic E-state index is 6.17. The quantitative estimate of drug-likeness (QED) is 0.369. The Morgan fingerprint density at radius 1 is 1.21 bits per heavy atom. The Morgan fingerprint density at radius 2 is 2.04 bits per heavy atom. The molecule has 2 rings (SSSR count). The van der Waals surface area contributed by atoms with Crippen molar-refractivity contribution >= 4 is 53.1 Å². The van der Waals surface area contributed by atoms with E-state index in [4.69, 9.17) is 23.2 Å². The van der Waals surface area contributed by atoms with Crippen LogP contribution in [0.1, 0.15) is 18.1 Å². The Kier molecular flexibility index (Phi) is 10.1. The van der Waals surface area contributed by atoms with Crippen molar-refractivity contribution in [3.05, 3.63) is 63.9 Å². The second-order valence-electron chi connectivity index (χ2n) is 4.97. The molecule has 1 aromatic carbocycles. The van der Waals surface area contributed by atoms with Crippen molar-refractivity contribution in [2.75, 3.05) is 13.1 Å². The monoisotopic (exact) mass is 478 g/mol. The fourth-order valence-electron chi connectivity index (χ4n) is 2.03. The van der Waals surface area contributed by atoms with Gasteiger partial charge in [-0.3, -0.25) is 4.98 Å². The van der Waals surface area contributed by atoms with Gasteiger partial charge in [-0.1, -0.05) is 35.3 Å². The molecule has 2 N–H and O–H groups in total. The van der Waals surface area contributed by atoms with Gasteiger partial charge in [-0.05, 0) is 42.7 Å². The van der Waals surface area contributed by atoms with Crippen LogP contribution in [-0.4, -0.2) is 24.0 Å². The van der Waals surface area contributed by atoms with E-state index in [2.05, 4.69) is 26.7 Å². The minimum atomic E-state index is 0. The number of hydrogen-bond acceptors (Lipinski definition) is 2. The maximum Gasteiger partial charge on any atom is 0.191 e. The SMILES string of the molecule is CCNC(=NCc1ccc(Cl)cc1Cl)NCCc1cccnc1.I. The number of benzene rings is 1. The normalized spacial score (nSPS) is 10.9. The molecule has 4 nitrogen and oxygen atoms in total. The summed E-state index contributed by atoms with van der Waals surface area (Å²) in [6, 6.07) is 9.45. The number of nitrogens with one attached hydrogen (secondary N) is 2. The molecule has 0 unspecified atom stereocenters. The third-order valence-electron chi connectivity index (χ3n) is 3.20. The van der Waals surface area contributed by atoms with Gasteiger partial charge >= 0.3 is 0 Å². The zero-order valence-corrected chi connectivity index (χ0v) is 17.3. The van der Waals surface area contributed by atoms with Gasteiger partial charge in [0.15, 0.2) is 5.96 Å². The highest BCUT2D eigenvalue weighted by atomic mass is 127. The van der Waals surface area contributed by atoms with E-state index in [0.29, 0.717) is 16.6 Å². The fraction of sp³-hybridized carbons (Fsp3) is 0.294. The van der Waals surface area contributed by atoms with Gasteiger partial charge < -0.3 is 10.6 Å². The van der Waals surface area contributed by atoms with Crippen LogP contribution in [0.3, 0.4) is 0 Å². The molecule has 0 bridgehead atoms. The summed E-state index contributed by atoms with van der Waals surface area (Å²) in [6.07, 6.45) is 4.54. The van der Waals surface area contributed by atoms with Crippen LogP contribution in [0.4, 0.5) is 0 Å². The van der Waals surface area contributed by atoms with Crippen molar-refractivity contribution < 1.29 is 0 Å². The zero-order valence-electron chi connectivity index (χ0n) is 13.4. The summed E-state index contributed by atoms with van der Waals surface area (Å²) in [4.78, 5) is 8.67. The Bertz CT molecular complexity index is 650. The third kappa shape index (κ3) is 7.23. The first kappa shape index (κ1) is 21.0. The second-order valence-corrected chi connectivity index (χ2v) is 5.81. The van der Waals surface area contributed by atoms with E-state index < -0.39 is 0 Å². The fourth-order valence-corrected chi connectivity index (χ4v) is 2.50. The Labute approximate surface area is 170 Å². The van der Waals surface area contributed by atoms with E-state index in [1.807, 2.05) is 31.3 Å². The molecule has 0 aliphatic carbocycles. The smallest absolute Gasteiger partial charge is 0.191 e. The Morgan fingerprint density at radius 3 is 2.71 bits per heavy atom. The summed E-state index contributed by atoms with van der Waals surface area (Å²) in [5.74, 6) is 0.766. The molecular weight excluding hydrogens is 458 g/mol. The van der Waals surface area contributed by atoms with Gasteiger partial charge in [0.2, 0.25) is 0 Å². The van der Waals surface area contributed by atoms with Gasteiger partial charge in [0.05, 0.1) is 6.54 Å². The lowest BCUT2D eigenvalue weighted by Crippen LogP contribution is -2.38. The summed E-state index contributed by atoms with van der Waals surface area (Å²) in [5, 5.41) is 7.80. The molecule has 0 radical (unpaired) electrons. The van der Waals surface area contributed by atoms with Crippen molar-refractivity contribution in [1.82, 2.24) is 15.6 Å². The van der Waals surface area contributed by atoms with Crippen molar-refractivity contribution in [2.45, 2.75) is 19.9 Å². The first-order valence-corrected chi connectivity index (χ1v) is 8.29. The number of halogens is 3. The van der Waals surface area contributed by atoms with Crippen molar-refractivity contribution in [3.63, 3.8) is 0 Å². The number of aromatic nitrogens is 1. The summed E-state index contributed by atoms with van der Waals surface area (Å²) in [7, 11) is 0. The van der Waals surface area contributed by atoms with Gasteiger partial charge in [0, 0.05) is 35.5 Å². The van der Waals surface area contributed by atoms with Crippen LogP contribution in [0, 0.1) is 0 Å². The van der Waals surface area contributed by atoms with Crippen LogP contribution in [0.5, 0.6) is 0 Å². The highest BCUT2D eigenvalue weighted by Crippen LogP contribution is 2.21. The highest BCUT2D eigenvalue weighted by molar-refractivity contribution is 14.0. The van der Waals surface area contributed by atoms with Crippen molar-refractivity contribution in [2.24, 2.45) is 4.99 Å². The van der Waals surface area contributed by atoms with Gasteiger partial charge in [-0.15, -0.1) is 24.0 Å². The molecule has 0 saturated carbocycles. The first-order valence-electron chi connectivity index (χ1n) is 7.54. The highest BCUT2D eigenvalue weighted by Gasteiger charge is 2.02.